The quantitative estimate of drug-likeness (QED) is 0.684. The van der Waals surface area contributed by atoms with Crippen LogP contribution in [0.5, 0.6) is 11.5 Å². The molecule has 28 heavy (non-hydrogen) atoms. The Morgan fingerprint density at radius 3 is 2.46 bits per heavy atom. The van der Waals surface area contributed by atoms with E-state index in [9.17, 15) is 4.79 Å². The molecule has 0 bridgehead atoms. The summed E-state index contributed by atoms with van der Waals surface area (Å²) in [5, 5.41) is 11.9. The fourth-order valence-corrected chi connectivity index (χ4v) is 3.06. The van der Waals surface area contributed by atoms with Crippen molar-refractivity contribution in [3.8, 4) is 17.6 Å². The zero-order valence-electron chi connectivity index (χ0n) is 16.6. The average molecular weight is 381 g/mol. The standard InChI is InChI=1S/C22H27N3O3/c1-4-25(5-2)19(18-9-7-6-8-10-18)15-24-22(26)16-28-20-12-11-17(14-23)13-21(20)27-3/h6-13,19H,4-5,15-16H2,1-3H3,(H,24,26). The van der Waals surface area contributed by atoms with E-state index in [1.807, 2.05) is 24.3 Å². The van der Waals surface area contributed by atoms with E-state index < -0.39 is 0 Å². The number of nitriles is 1. The summed E-state index contributed by atoms with van der Waals surface area (Å²) in [6.45, 7) is 6.39. The number of nitrogens with zero attached hydrogens (tertiary/aromatic N) is 2. The van der Waals surface area contributed by atoms with Crippen molar-refractivity contribution >= 4 is 5.91 Å². The Hall–Kier alpha value is -3.04. The van der Waals surface area contributed by atoms with Crippen LogP contribution in [0.4, 0.5) is 0 Å². The highest BCUT2D eigenvalue weighted by atomic mass is 16.5. The van der Waals surface area contributed by atoms with E-state index in [2.05, 4.69) is 36.2 Å². The Bertz CT molecular complexity index is 798. The average Bonchev–Trinajstić information content (AvgIpc) is 2.75. The summed E-state index contributed by atoms with van der Waals surface area (Å²) in [5.74, 6) is 0.650. The molecular formula is C22H27N3O3. The number of likely N-dealkylation sites (N-methyl/N-ethyl adjacent to an activating group) is 1. The Labute approximate surface area is 166 Å². The molecule has 0 aliphatic carbocycles. The second-order valence-corrected chi connectivity index (χ2v) is 6.22. The lowest BCUT2D eigenvalue weighted by molar-refractivity contribution is -0.123. The van der Waals surface area contributed by atoms with E-state index in [0.29, 0.717) is 23.6 Å². The third-order valence-electron chi connectivity index (χ3n) is 4.58. The van der Waals surface area contributed by atoms with Gasteiger partial charge in [-0.2, -0.15) is 5.26 Å². The first-order valence-corrected chi connectivity index (χ1v) is 9.39. The number of hydrogen-bond acceptors (Lipinski definition) is 5. The second kappa shape index (κ2) is 11.0. The summed E-state index contributed by atoms with van der Waals surface area (Å²) in [5.41, 5.74) is 1.64. The van der Waals surface area contributed by atoms with E-state index in [0.717, 1.165) is 13.1 Å². The highest BCUT2D eigenvalue weighted by Gasteiger charge is 2.19. The molecule has 0 heterocycles. The van der Waals surface area contributed by atoms with Crippen LogP contribution in [0.1, 0.15) is 31.0 Å². The van der Waals surface area contributed by atoms with Gasteiger partial charge in [-0.05, 0) is 30.8 Å². The molecule has 1 amide bonds. The van der Waals surface area contributed by atoms with Gasteiger partial charge in [0.05, 0.1) is 24.8 Å². The molecule has 0 aliphatic rings. The van der Waals surface area contributed by atoms with Gasteiger partial charge < -0.3 is 14.8 Å². The lowest BCUT2D eigenvalue weighted by atomic mass is 10.1. The highest BCUT2D eigenvalue weighted by Crippen LogP contribution is 2.27. The Kier molecular flexibility index (Phi) is 8.32. The first kappa shape index (κ1) is 21.3. The molecule has 1 N–H and O–H groups in total. The Balaban J connectivity index is 1.97. The van der Waals surface area contributed by atoms with E-state index in [1.54, 1.807) is 18.2 Å². The first-order valence-electron chi connectivity index (χ1n) is 9.39. The fraction of sp³-hybridized carbons (Fsp3) is 0.364. The van der Waals surface area contributed by atoms with Crippen molar-refractivity contribution in [1.29, 1.82) is 5.26 Å². The van der Waals surface area contributed by atoms with Gasteiger partial charge in [0.2, 0.25) is 0 Å². The number of methoxy groups -OCH3 is 1. The van der Waals surface area contributed by atoms with Gasteiger partial charge in [0.15, 0.2) is 18.1 Å². The highest BCUT2D eigenvalue weighted by molar-refractivity contribution is 5.77. The third-order valence-corrected chi connectivity index (χ3v) is 4.58. The first-order chi connectivity index (χ1) is 13.6. The lowest BCUT2D eigenvalue weighted by Gasteiger charge is -2.30. The molecular weight excluding hydrogens is 354 g/mol. The van der Waals surface area contributed by atoms with Crippen LogP contribution in [-0.2, 0) is 4.79 Å². The van der Waals surface area contributed by atoms with Crippen LogP contribution in [-0.4, -0.2) is 44.2 Å². The second-order valence-electron chi connectivity index (χ2n) is 6.22. The van der Waals surface area contributed by atoms with Crippen LogP contribution in [0.2, 0.25) is 0 Å². The van der Waals surface area contributed by atoms with Crippen LogP contribution >= 0.6 is 0 Å². The number of carbonyl (C=O) groups is 1. The van der Waals surface area contributed by atoms with Crippen molar-refractivity contribution in [2.45, 2.75) is 19.9 Å². The van der Waals surface area contributed by atoms with Gasteiger partial charge in [0, 0.05) is 12.6 Å². The van der Waals surface area contributed by atoms with Crippen molar-refractivity contribution in [3.63, 3.8) is 0 Å². The monoisotopic (exact) mass is 381 g/mol. The number of amides is 1. The zero-order chi connectivity index (χ0) is 20.4. The zero-order valence-corrected chi connectivity index (χ0v) is 16.6. The molecule has 0 fully saturated rings. The molecule has 0 saturated heterocycles. The fourth-order valence-electron chi connectivity index (χ4n) is 3.06. The number of hydrogen-bond donors (Lipinski definition) is 1. The topological polar surface area (TPSA) is 74.6 Å². The molecule has 2 aromatic rings. The van der Waals surface area contributed by atoms with Gasteiger partial charge in [-0.3, -0.25) is 9.69 Å². The van der Waals surface area contributed by atoms with Crippen LogP contribution in [0.15, 0.2) is 48.5 Å². The molecule has 2 rings (SSSR count). The molecule has 0 radical (unpaired) electrons. The maximum absolute atomic E-state index is 12.3. The largest absolute Gasteiger partial charge is 0.493 e. The molecule has 2 aromatic carbocycles. The molecule has 0 spiro atoms. The summed E-state index contributed by atoms with van der Waals surface area (Å²) in [4.78, 5) is 14.6. The number of nitrogens with one attached hydrogen (secondary N) is 1. The summed E-state index contributed by atoms with van der Waals surface area (Å²) >= 11 is 0. The summed E-state index contributed by atoms with van der Waals surface area (Å²) in [7, 11) is 1.50. The Morgan fingerprint density at radius 2 is 1.86 bits per heavy atom. The van der Waals surface area contributed by atoms with E-state index in [1.165, 1.54) is 12.7 Å². The minimum absolute atomic E-state index is 0.101. The maximum atomic E-state index is 12.3. The number of benzene rings is 2. The van der Waals surface area contributed by atoms with E-state index in [4.69, 9.17) is 14.7 Å². The van der Waals surface area contributed by atoms with E-state index >= 15 is 0 Å². The predicted octanol–water partition coefficient (Wildman–Crippen LogP) is 3.14. The third kappa shape index (κ3) is 5.73. The summed E-state index contributed by atoms with van der Waals surface area (Å²) < 4.78 is 10.8. The van der Waals surface area contributed by atoms with Crippen LogP contribution < -0.4 is 14.8 Å². The Morgan fingerprint density at radius 1 is 1.14 bits per heavy atom. The van der Waals surface area contributed by atoms with Gasteiger partial charge in [0.1, 0.15) is 0 Å². The van der Waals surface area contributed by atoms with Crippen molar-refractivity contribution in [3.05, 3.63) is 59.7 Å². The van der Waals surface area contributed by atoms with Crippen molar-refractivity contribution < 1.29 is 14.3 Å². The van der Waals surface area contributed by atoms with Crippen molar-refractivity contribution in [2.75, 3.05) is 33.4 Å². The van der Waals surface area contributed by atoms with Crippen LogP contribution in [0.25, 0.3) is 0 Å². The molecule has 148 valence electrons. The molecule has 1 atom stereocenters. The van der Waals surface area contributed by atoms with Crippen molar-refractivity contribution in [2.24, 2.45) is 0 Å². The predicted molar refractivity (Wildman–Crippen MR) is 108 cm³/mol. The molecule has 6 heteroatoms. The lowest BCUT2D eigenvalue weighted by Crippen LogP contribution is -2.39. The van der Waals surface area contributed by atoms with Gasteiger partial charge in [-0.15, -0.1) is 0 Å². The summed E-state index contributed by atoms with van der Waals surface area (Å²) in [6.07, 6.45) is 0. The van der Waals surface area contributed by atoms with Crippen molar-refractivity contribution in [1.82, 2.24) is 10.2 Å². The number of carbonyl (C=O) groups excluding carboxylic acids is 1. The molecule has 0 aromatic heterocycles. The maximum Gasteiger partial charge on any atom is 0.258 e. The minimum Gasteiger partial charge on any atom is -0.493 e. The SMILES string of the molecule is CCN(CC)C(CNC(=O)COc1ccc(C#N)cc1OC)c1ccccc1. The number of rotatable bonds is 10. The van der Waals surface area contributed by atoms with Gasteiger partial charge in [-0.25, -0.2) is 0 Å². The van der Waals surface area contributed by atoms with Gasteiger partial charge >= 0.3 is 0 Å². The van der Waals surface area contributed by atoms with E-state index in [-0.39, 0.29) is 18.6 Å². The molecule has 1 unspecified atom stereocenters. The van der Waals surface area contributed by atoms with Crippen LogP contribution in [0, 0.1) is 11.3 Å². The smallest absolute Gasteiger partial charge is 0.258 e. The molecule has 0 aliphatic heterocycles. The summed E-state index contributed by atoms with van der Waals surface area (Å²) in [6, 6.07) is 17.1. The normalized spacial score (nSPS) is 11.5. The minimum atomic E-state index is -0.209. The number of ether oxygens (including phenoxy) is 2. The van der Waals surface area contributed by atoms with Gasteiger partial charge in [-0.1, -0.05) is 44.2 Å². The molecule has 6 nitrogen and oxygen atoms in total. The van der Waals surface area contributed by atoms with Gasteiger partial charge in [0.25, 0.3) is 5.91 Å². The molecule has 0 saturated carbocycles. The van der Waals surface area contributed by atoms with Crippen LogP contribution in [0.3, 0.4) is 0 Å².